The Balaban J connectivity index is 2.47. The second-order valence-electron chi connectivity index (χ2n) is 4.17. The summed E-state index contributed by atoms with van der Waals surface area (Å²) in [4.78, 5) is 0. The maximum absolute atomic E-state index is 13.7. The standard InChI is InChI=1S/C14H22FNO2/c1-16-11-12(7-8-18-10-9-17-2)13-5-3-4-6-14(13)15/h3-6,12,16H,7-11H2,1-2H3. The molecule has 0 aliphatic carbocycles. The first-order valence-corrected chi connectivity index (χ1v) is 6.25. The summed E-state index contributed by atoms with van der Waals surface area (Å²) in [6.45, 7) is 2.54. The molecule has 0 aliphatic heterocycles. The number of hydrogen-bond acceptors (Lipinski definition) is 3. The Morgan fingerprint density at radius 1 is 1.22 bits per heavy atom. The van der Waals surface area contributed by atoms with Gasteiger partial charge in [-0.1, -0.05) is 18.2 Å². The number of hydrogen-bond donors (Lipinski definition) is 1. The van der Waals surface area contributed by atoms with Crippen LogP contribution in [0.3, 0.4) is 0 Å². The summed E-state index contributed by atoms with van der Waals surface area (Å²) in [6, 6.07) is 6.92. The Hall–Kier alpha value is -0.970. The fourth-order valence-corrected chi connectivity index (χ4v) is 1.89. The van der Waals surface area contributed by atoms with Gasteiger partial charge in [0.15, 0.2) is 0 Å². The van der Waals surface area contributed by atoms with Crippen molar-refractivity contribution < 1.29 is 13.9 Å². The van der Waals surface area contributed by atoms with Gasteiger partial charge >= 0.3 is 0 Å². The molecule has 1 rings (SSSR count). The number of nitrogens with one attached hydrogen (secondary N) is 1. The molecule has 0 saturated heterocycles. The highest BCUT2D eigenvalue weighted by molar-refractivity contribution is 5.22. The molecule has 18 heavy (non-hydrogen) atoms. The molecule has 0 spiro atoms. The molecule has 0 fully saturated rings. The molecule has 1 N–H and O–H groups in total. The number of halogens is 1. The topological polar surface area (TPSA) is 30.5 Å². The lowest BCUT2D eigenvalue weighted by molar-refractivity contribution is 0.0669. The van der Waals surface area contributed by atoms with Gasteiger partial charge in [-0.05, 0) is 25.1 Å². The van der Waals surface area contributed by atoms with Gasteiger partial charge in [0.05, 0.1) is 13.2 Å². The summed E-state index contributed by atoms with van der Waals surface area (Å²) in [6.07, 6.45) is 0.797. The zero-order valence-corrected chi connectivity index (χ0v) is 11.1. The summed E-state index contributed by atoms with van der Waals surface area (Å²) in [5.74, 6) is -0.00612. The number of methoxy groups -OCH3 is 1. The van der Waals surface area contributed by atoms with Crippen LogP contribution in [-0.2, 0) is 9.47 Å². The highest BCUT2D eigenvalue weighted by Crippen LogP contribution is 2.21. The highest BCUT2D eigenvalue weighted by Gasteiger charge is 2.14. The van der Waals surface area contributed by atoms with E-state index in [1.807, 2.05) is 19.2 Å². The van der Waals surface area contributed by atoms with Crippen molar-refractivity contribution >= 4 is 0 Å². The normalized spacial score (nSPS) is 12.6. The Kier molecular flexibility index (Phi) is 7.57. The minimum Gasteiger partial charge on any atom is -0.382 e. The van der Waals surface area contributed by atoms with Crippen molar-refractivity contribution in [2.24, 2.45) is 0 Å². The van der Waals surface area contributed by atoms with E-state index in [0.717, 1.165) is 18.5 Å². The van der Waals surface area contributed by atoms with Crippen LogP contribution >= 0.6 is 0 Å². The molecule has 4 heteroatoms. The van der Waals surface area contributed by atoms with Crippen molar-refractivity contribution in [3.8, 4) is 0 Å². The van der Waals surface area contributed by atoms with Crippen molar-refractivity contribution in [3.63, 3.8) is 0 Å². The van der Waals surface area contributed by atoms with E-state index in [-0.39, 0.29) is 11.7 Å². The zero-order valence-electron chi connectivity index (χ0n) is 11.1. The monoisotopic (exact) mass is 255 g/mol. The Bertz CT molecular complexity index is 333. The molecule has 3 nitrogen and oxygen atoms in total. The van der Waals surface area contributed by atoms with E-state index in [0.29, 0.717) is 19.8 Å². The molecule has 0 saturated carbocycles. The fourth-order valence-electron chi connectivity index (χ4n) is 1.89. The molecule has 0 bridgehead atoms. The third kappa shape index (κ3) is 5.12. The number of rotatable bonds is 9. The van der Waals surface area contributed by atoms with Gasteiger partial charge in [-0.3, -0.25) is 0 Å². The molecule has 0 aliphatic rings. The van der Waals surface area contributed by atoms with Gasteiger partial charge in [-0.2, -0.15) is 0 Å². The van der Waals surface area contributed by atoms with Crippen LogP contribution in [0, 0.1) is 5.82 Å². The van der Waals surface area contributed by atoms with E-state index in [4.69, 9.17) is 9.47 Å². The Morgan fingerprint density at radius 2 is 2.00 bits per heavy atom. The molecule has 0 amide bonds. The second kappa shape index (κ2) is 9.03. The minimum absolute atomic E-state index is 0.138. The number of likely N-dealkylation sites (N-methyl/N-ethyl adjacent to an activating group) is 1. The van der Waals surface area contributed by atoms with Gasteiger partial charge in [-0.15, -0.1) is 0 Å². The lowest BCUT2D eigenvalue weighted by Crippen LogP contribution is -2.20. The number of ether oxygens (including phenoxy) is 2. The molecule has 1 atom stereocenters. The van der Waals surface area contributed by atoms with Crippen molar-refractivity contribution in [2.45, 2.75) is 12.3 Å². The predicted molar refractivity (Wildman–Crippen MR) is 70.4 cm³/mol. The van der Waals surface area contributed by atoms with E-state index in [1.54, 1.807) is 13.2 Å². The summed E-state index contributed by atoms with van der Waals surface area (Å²) in [7, 11) is 3.52. The molecule has 102 valence electrons. The average Bonchev–Trinajstić information content (AvgIpc) is 2.38. The van der Waals surface area contributed by atoms with Crippen LogP contribution in [0.1, 0.15) is 17.9 Å². The van der Waals surface area contributed by atoms with E-state index in [1.165, 1.54) is 6.07 Å². The Morgan fingerprint density at radius 3 is 2.67 bits per heavy atom. The molecule has 1 aromatic carbocycles. The van der Waals surface area contributed by atoms with Crippen LogP contribution in [0.2, 0.25) is 0 Å². The van der Waals surface area contributed by atoms with Crippen LogP contribution in [0.15, 0.2) is 24.3 Å². The summed E-state index contributed by atoms with van der Waals surface area (Å²) >= 11 is 0. The summed E-state index contributed by atoms with van der Waals surface area (Å²) in [5.41, 5.74) is 0.752. The van der Waals surface area contributed by atoms with E-state index < -0.39 is 0 Å². The first-order chi connectivity index (χ1) is 8.79. The fraction of sp³-hybridized carbons (Fsp3) is 0.571. The van der Waals surface area contributed by atoms with E-state index in [2.05, 4.69) is 5.32 Å². The van der Waals surface area contributed by atoms with Gasteiger partial charge in [0.25, 0.3) is 0 Å². The van der Waals surface area contributed by atoms with Crippen molar-refractivity contribution in [2.75, 3.05) is 40.5 Å². The van der Waals surface area contributed by atoms with Gasteiger partial charge in [-0.25, -0.2) is 4.39 Å². The second-order valence-corrected chi connectivity index (χ2v) is 4.17. The highest BCUT2D eigenvalue weighted by atomic mass is 19.1. The predicted octanol–water partition coefficient (Wildman–Crippen LogP) is 2.18. The van der Waals surface area contributed by atoms with Crippen LogP contribution in [-0.4, -0.2) is 40.5 Å². The average molecular weight is 255 g/mol. The summed E-state index contributed by atoms with van der Waals surface area (Å²) < 4.78 is 24.0. The molecule has 1 unspecified atom stereocenters. The molecular formula is C14H22FNO2. The van der Waals surface area contributed by atoms with Gasteiger partial charge in [0.1, 0.15) is 5.82 Å². The number of benzene rings is 1. The lowest BCUT2D eigenvalue weighted by Gasteiger charge is -2.17. The van der Waals surface area contributed by atoms with Gasteiger partial charge in [0.2, 0.25) is 0 Å². The lowest BCUT2D eigenvalue weighted by atomic mass is 9.95. The van der Waals surface area contributed by atoms with E-state index >= 15 is 0 Å². The zero-order chi connectivity index (χ0) is 13.2. The Labute approximate surface area is 108 Å². The SMILES string of the molecule is CNCC(CCOCCOC)c1ccccc1F. The molecule has 0 heterocycles. The molecular weight excluding hydrogens is 233 g/mol. The van der Waals surface area contributed by atoms with Crippen molar-refractivity contribution in [3.05, 3.63) is 35.6 Å². The summed E-state index contributed by atoms with van der Waals surface area (Å²) in [5, 5.41) is 3.10. The smallest absolute Gasteiger partial charge is 0.126 e. The third-order valence-corrected chi connectivity index (χ3v) is 2.84. The largest absolute Gasteiger partial charge is 0.382 e. The molecule has 1 aromatic rings. The van der Waals surface area contributed by atoms with Crippen LogP contribution in [0.4, 0.5) is 4.39 Å². The van der Waals surface area contributed by atoms with Crippen molar-refractivity contribution in [1.82, 2.24) is 5.32 Å². The minimum atomic E-state index is -0.144. The van der Waals surface area contributed by atoms with Gasteiger partial charge in [0, 0.05) is 26.2 Å². The quantitative estimate of drug-likeness (QED) is 0.686. The van der Waals surface area contributed by atoms with Crippen molar-refractivity contribution in [1.29, 1.82) is 0 Å². The van der Waals surface area contributed by atoms with Crippen LogP contribution in [0.25, 0.3) is 0 Å². The van der Waals surface area contributed by atoms with E-state index in [9.17, 15) is 4.39 Å². The third-order valence-electron chi connectivity index (χ3n) is 2.84. The first-order valence-electron chi connectivity index (χ1n) is 6.25. The maximum atomic E-state index is 13.7. The molecule has 0 radical (unpaired) electrons. The first kappa shape index (κ1) is 15.1. The van der Waals surface area contributed by atoms with Crippen LogP contribution in [0.5, 0.6) is 0 Å². The van der Waals surface area contributed by atoms with Crippen LogP contribution < -0.4 is 5.32 Å². The van der Waals surface area contributed by atoms with Gasteiger partial charge < -0.3 is 14.8 Å². The maximum Gasteiger partial charge on any atom is 0.126 e. The molecule has 0 aromatic heterocycles.